The Morgan fingerprint density at radius 3 is 2.58 bits per heavy atom. The van der Waals surface area contributed by atoms with Crippen LogP contribution in [0.25, 0.3) is 10.9 Å². The van der Waals surface area contributed by atoms with Crippen molar-refractivity contribution in [2.45, 2.75) is 32.6 Å². The molecule has 1 heterocycles. The van der Waals surface area contributed by atoms with Gasteiger partial charge in [0.05, 0.1) is 17.0 Å². The van der Waals surface area contributed by atoms with Crippen molar-refractivity contribution in [3.63, 3.8) is 0 Å². The molecule has 0 aliphatic rings. The number of nitrogen functional groups attached to an aromatic ring is 1. The summed E-state index contributed by atoms with van der Waals surface area (Å²) >= 11 is 0. The molecule has 0 amide bonds. The number of hydrogen-bond donors (Lipinski definition) is 1. The molecule has 0 saturated heterocycles. The van der Waals surface area contributed by atoms with E-state index in [2.05, 4.69) is 0 Å². The molecule has 0 bridgehead atoms. The molecule has 2 rings (SSSR count). The van der Waals surface area contributed by atoms with Crippen molar-refractivity contribution in [1.29, 1.82) is 0 Å². The lowest BCUT2D eigenvalue weighted by Crippen LogP contribution is -2.13. The van der Waals surface area contributed by atoms with E-state index in [4.69, 9.17) is 5.73 Å². The third kappa shape index (κ3) is 2.61. The van der Waals surface area contributed by atoms with E-state index in [9.17, 15) is 8.42 Å². The Morgan fingerprint density at radius 2 is 2.00 bits per heavy atom. The van der Waals surface area contributed by atoms with Gasteiger partial charge < -0.3 is 10.3 Å². The predicted octanol–water partition coefficient (Wildman–Crippen LogP) is 2.74. The highest BCUT2D eigenvalue weighted by molar-refractivity contribution is 7.90. The quantitative estimate of drug-likeness (QED) is 0.876. The second-order valence-electron chi connectivity index (χ2n) is 5.06. The third-order valence-electron chi connectivity index (χ3n) is 3.29. The molecule has 104 valence electrons. The zero-order valence-corrected chi connectivity index (χ0v) is 12.4. The van der Waals surface area contributed by atoms with Crippen molar-refractivity contribution in [2.75, 3.05) is 11.5 Å². The number of anilines is 1. The fourth-order valence-corrected chi connectivity index (χ4v) is 3.27. The van der Waals surface area contributed by atoms with E-state index in [1.54, 1.807) is 6.92 Å². The topological polar surface area (TPSA) is 65.1 Å². The summed E-state index contributed by atoms with van der Waals surface area (Å²) in [7, 11) is -3.05. The van der Waals surface area contributed by atoms with Crippen LogP contribution in [0.2, 0.25) is 0 Å². The molecule has 2 N–H and O–H groups in total. The Kier molecular flexibility index (Phi) is 3.58. The summed E-state index contributed by atoms with van der Waals surface area (Å²) in [5.74, 6) is 0.220. The highest BCUT2D eigenvalue weighted by Crippen LogP contribution is 2.29. The summed E-state index contributed by atoms with van der Waals surface area (Å²) in [4.78, 5) is 0. The van der Waals surface area contributed by atoms with Gasteiger partial charge in [0.2, 0.25) is 0 Å². The molecular weight excluding hydrogens is 260 g/mol. The second kappa shape index (κ2) is 4.89. The van der Waals surface area contributed by atoms with Crippen LogP contribution in [-0.2, 0) is 15.6 Å². The van der Waals surface area contributed by atoms with E-state index in [-0.39, 0.29) is 17.5 Å². The van der Waals surface area contributed by atoms with Crippen molar-refractivity contribution in [3.05, 3.63) is 30.0 Å². The minimum absolute atomic E-state index is 0.0653. The molecule has 19 heavy (non-hydrogen) atoms. The van der Waals surface area contributed by atoms with E-state index in [1.165, 1.54) is 0 Å². The minimum atomic E-state index is -3.05. The van der Waals surface area contributed by atoms with Crippen LogP contribution in [0.15, 0.2) is 24.3 Å². The summed E-state index contributed by atoms with van der Waals surface area (Å²) in [5.41, 5.74) is 8.46. The molecule has 1 aromatic heterocycles. The third-order valence-corrected chi connectivity index (χ3v) is 4.91. The maximum atomic E-state index is 11.9. The second-order valence-corrected chi connectivity index (χ2v) is 7.41. The maximum Gasteiger partial charge on any atom is 0.155 e. The first-order chi connectivity index (χ1) is 8.85. The first kappa shape index (κ1) is 13.9. The van der Waals surface area contributed by atoms with Gasteiger partial charge in [0.1, 0.15) is 0 Å². The van der Waals surface area contributed by atoms with Crippen molar-refractivity contribution in [2.24, 2.45) is 0 Å². The van der Waals surface area contributed by atoms with Gasteiger partial charge in [0.15, 0.2) is 9.84 Å². The number of aromatic nitrogens is 1. The van der Waals surface area contributed by atoms with E-state index in [1.807, 2.05) is 42.7 Å². The Labute approximate surface area is 114 Å². The number of fused-ring (bicyclic) bond motifs is 1. The van der Waals surface area contributed by atoms with E-state index in [0.29, 0.717) is 5.69 Å². The summed E-state index contributed by atoms with van der Waals surface area (Å²) in [6.07, 6.45) is 0. The van der Waals surface area contributed by atoms with Crippen molar-refractivity contribution in [3.8, 4) is 0 Å². The van der Waals surface area contributed by atoms with Gasteiger partial charge in [-0.3, -0.25) is 0 Å². The molecule has 0 saturated carbocycles. The van der Waals surface area contributed by atoms with Gasteiger partial charge in [-0.1, -0.05) is 19.1 Å². The number of sulfone groups is 1. The zero-order chi connectivity index (χ0) is 14.2. The van der Waals surface area contributed by atoms with Crippen molar-refractivity contribution >= 4 is 26.4 Å². The van der Waals surface area contributed by atoms with E-state index in [0.717, 1.165) is 16.6 Å². The van der Waals surface area contributed by atoms with Crippen LogP contribution in [-0.4, -0.2) is 18.7 Å². The molecule has 2 aromatic rings. The standard InChI is InChI=1S/C14H20N2O2S/c1-4-19(17,18)9-12-8-11-6-5-7-13(15)14(11)16(12)10(2)3/h5-8,10H,4,9,15H2,1-3H3. The van der Waals surface area contributed by atoms with Crippen molar-refractivity contribution in [1.82, 2.24) is 4.57 Å². The summed E-state index contributed by atoms with van der Waals surface area (Å²) in [6, 6.07) is 7.80. The number of nitrogens with zero attached hydrogens (tertiary/aromatic N) is 1. The molecule has 0 atom stereocenters. The van der Waals surface area contributed by atoms with E-state index < -0.39 is 9.84 Å². The lowest BCUT2D eigenvalue weighted by atomic mass is 10.2. The number of para-hydroxylation sites is 1. The lowest BCUT2D eigenvalue weighted by molar-refractivity contribution is 0.582. The average molecular weight is 280 g/mol. The Bertz CT molecular complexity index is 700. The molecule has 1 aromatic carbocycles. The molecule has 0 aliphatic carbocycles. The SMILES string of the molecule is CCS(=O)(=O)Cc1cc2cccc(N)c2n1C(C)C. The normalized spacial score (nSPS) is 12.4. The Hall–Kier alpha value is -1.49. The van der Waals surface area contributed by atoms with Gasteiger partial charge in [0.25, 0.3) is 0 Å². The fourth-order valence-electron chi connectivity index (χ4n) is 2.40. The first-order valence-corrected chi connectivity index (χ1v) is 8.26. The highest BCUT2D eigenvalue weighted by atomic mass is 32.2. The molecule has 0 spiro atoms. The number of benzene rings is 1. The van der Waals surface area contributed by atoms with Crippen LogP contribution >= 0.6 is 0 Å². The monoisotopic (exact) mass is 280 g/mol. The van der Waals surface area contributed by atoms with Gasteiger partial charge in [-0.05, 0) is 26.0 Å². The smallest absolute Gasteiger partial charge is 0.155 e. The summed E-state index contributed by atoms with van der Waals surface area (Å²) < 4.78 is 25.7. The number of nitrogens with two attached hydrogens (primary N) is 1. The van der Waals surface area contributed by atoms with Crippen LogP contribution in [0, 0.1) is 0 Å². The molecular formula is C14H20N2O2S. The summed E-state index contributed by atoms with van der Waals surface area (Å²) in [6.45, 7) is 5.74. The van der Waals surface area contributed by atoms with Gasteiger partial charge in [-0.2, -0.15) is 0 Å². The number of hydrogen-bond acceptors (Lipinski definition) is 3. The molecule has 5 heteroatoms. The Balaban J connectivity index is 2.68. The lowest BCUT2D eigenvalue weighted by Gasteiger charge is -2.15. The molecule has 4 nitrogen and oxygen atoms in total. The molecule has 0 fully saturated rings. The van der Waals surface area contributed by atoms with Gasteiger partial charge in [0, 0.05) is 22.9 Å². The maximum absolute atomic E-state index is 11.9. The zero-order valence-electron chi connectivity index (χ0n) is 11.6. The largest absolute Gasteiger partial charge is 0.397 e. The Morgan fingerprint density at radius 1 is 1.32 bits per heavy atom. The first-order valence-electron chi connectivity index (χ1n) is 6.44. The van der Waals surface area contributed by atoms with Gasteiger partial charge in [-0.15, -0.1) is 0 Å². The molecule has 0 aliphatic heterocycles. The van der Waals surface area contributed by atoms with Crippen LogP contribution in [0.4, 0.5) is 5.69 Å². The predicted molar refractivity (Wildman–Crippen MR) is 79.9 cm³/mol. The number of rotatable bonds is 4. The minimum Gasteiger partial charge on any atom is -0.397 e. The van der Waals surface area contributed by atoms with E-state index >= 15 is 0 Å². The van der Waals surface area contributed by atoms with Crippen LogP contribution < -0.4 is 5.73 Å². The average Bonchev–Trinajstić information content (AvgIpc) is 2.67. The molecule has 0 unspecified atom stereocenters. The van der Waals surface area contributed by atoms with Gasteiger partial charge >= 0.3 is 0 Å². The van der Waals surface area contributed by atoms with Crippen LogP contribution in [0.5, 0.6) is 0 Å². The summed E-state index contributed by atoms with van der Waals surface area (Å²) in [5, 5.41) is 0.995. The fraction of sp³-hybridized carbons (Fsp3) is 0.429. The molecule has 0 radical (unpaired) electrons. The van der Waals surface area contributed by atoms with Crippen molar-refractivity contribution < 1.29 is 8.42 Å². The van der Waals surface area contributed by atoms with Gasteiger partial charge in [-0.25, -0.2) is 8.42 Å². The van der Waals surface area contributed by atoms with Crippen LogP contribution in [0.3, 0.4) is 0 Å². The van der Waals surface area contributed by atoms with Crippen LogP contribution in [0.1, 0.15) is 32.5 Å². The highest BCUT2D eigenvalue weighted by Gasteiger charge is 2.18.